The lowest BCUT2D eigenvalue weighted by molar-refractivity contribution is 0.0695. The molecule has 1 fully saturated rings. The Balaban J connectivity index is 1.81. The van der Waals surface area contributed by atoms with Crippen LogP contribution in [0.3, 0.4) is 0 Å². The van der Waals surface area contributed by atoms with Gasteiger partial charge in [0, 0.05) is 20.1 Å². The largest absolute Gasteiger partial charge is 0.478 e. The molecule has 0 heterocycles. The molecule has 0 saturated heterocycles. The Labute approximate surface area is 125 Å². The molecular formula is C16H22N2O3. The van der Waals surface area contributed by atoms with Crippen LogP contribution < -0.4 is 5.32 Å². The van der Waals surface area contributed by atoms with Crippen LogP contribution in [-0.2, 0) is 6.42 Å². The molecule has 1 aromatic rings. The predicted molar refractivity (Wildman–Crippen MR) is 80.4 cm³/mol. The quantitative estimate of drug-likeness (QED) is 0.844. The van der Waals surface area contributed by atoms with Crippen molar-refractivity contribution in [2.24, 2.45) is 11.8 Å². The summed E-state index contributed by atoms with van der Waals surface area (Å²) in [6.07, 6.45) is 1.72. The summed E-state index contributed by atoms with van der Waals surface area (Å²) in [5.74, 6) is 0.411. The van der Waals surface area contributed by atoms with Crippen molar-refractivity contribution in [1.29, 1.82) is 0 Å². The molecule has 0 spiro atoms. The number of nitrogens with zero attached hydrogens (tertiary/aromatic N) is 1. The van der Waals surface area contributed by atoms with Crippen molar-refractivity contribution in [3.05, 3.63) is 35.4 Å². The third-order valence-electron chi connectivity index (χ3n) is 4.10. The Morgan fingerprint density at radius 3 is 2.67 bits per heavy atom. The zero-order valence-corrected chi connectivity index (χ0v) is 12.5. The fraction of sp³-hybridized carbons (Fsp3) is 0.500. The first-order valence-corrected chi connectivity index (χ1v) is 7.29. The monoisotopic (exact) mass is 290 g/mol. The van der Waals surface area contributed by atoms with Gasteiger partial charge >= 0.3 is 12.0 Å². The predicted octanol–water partition coefficient (Wildman–Crippen LogP) is 2.22. The number of nitrogens with one attached hydrogen (secondary N) is 1. The van der Waals surface area contributed by atoms with Crippen LogP contribution in [0.15, 0.2) is 24.3 Å². The van der Waals surface area contributed by atoms with Crippen LogP contribution in [0.25, 0.3) is 0 Å². The van der Waals surface area contributed by atoms with Crippen LogP contribution in [0.2, 0.25) is 0 Å². The Hall–Kier alpha value is -2.04. The summed E-state index contributed by atoms with van der Waals surface area (Å²) >= 11 is 0. The summed E-state index contributed by atoms with van der Waals surface area (Å²) in [6, 6.07) is 6.81. The number of carboxylic acids is 1. The first-order chi connectivity index (χ1) is 9.99. The summed E-state index contributed by atoms with van der Waals surface area (Å²) < 4.78 is 0. The highest BCUT2D eigenvalue weighted by Gasteiger charge is 2.32. The molecule has 1 aromatic carbocycles. The van der Waals surface area contributed by atoms with Crippen LogP contribution in [0, 0.1) is 11.8 Å². The van der Waals surface area contributed by atoms with Crippen molar-refractivity contribution in [3.8, 4) is 0 Å². The van der Waals surface area contributed by atoms with E-state index in [-0.39, 0.29) is 6.03 Å². The van der Waals surface area contributed by atoms with E-state index in [2.05, 4.69) is 12.2 Å². The minimum atomic E-state index is -0.930. The van der Waals surface area contributed by atoms with E-state index < -0.39 is 5.97 Å². The Morgan fingerprint density at radius 2 is 2.05 bits per heavy atom. The lowest BCUT2D eigenvalue weighted by atomic mass is 10.0. The van der Waals surface area contributed by atoms with Crippen molar-refractivity contribution < 1.29 is 14.7 Å². The van der Waals surface area contributed by atoms with Crippen molar-refractivity contribution in [2.75, 3.05) is 20.1 Å². The molecule has 5 heteroatoms. The van der Waals surface area contributed by atoms with E-state index >= 15 is 0 Å². The second kappa shape index (κ2) is 6.61. The molecule has 0 radical (unpaired) electrons. The van der Waals surface area contributed by atoms with E-state index in [0.29, 0.717) is 24.4 Å². The van der Waals surface area contributed by atoms with E-state index in [0.717, 1.165) is 18.0 Å². The molecule has 21 heavy (non-hydrogen) atoms. The second-order valence-corrected chi connectivity index (χ2v) is 5.79. The number of benzene rings is 1. The van der Waals surface area contributed by atoms with Gasteiger partial charge in [-0.25, -0.2) is 9.59 Å². The van der Waals surface area contributed by atoms with Gasteiger partial charge in [-0.05, 0) is 36.3 Å². The van der Waals surface area contributed by atoms with E-state index in [9.17, 15) is 9.59 Å². The fourth-order valence-corrected chi connectivity index (χ4v) is 2.37. The summed E-state index contributed by atoms with van der Waals surface area (Å²) in [6.45, 7) is 3.41. The van der Waals surface area contributed by atoms with Gasteiger partial charge in [0.05, 0.1) is 5.56 Å². The Morgan fingerprint density at radius 1 is 1.38 bits per heavy atom. The third-order valence-corrected chi connectivity index (χ3v) is 4.10. The minimum absolute atomic E-state index is 0.0955. The van der Waals surface area contributed by atoms with Crippen LogP contribution in [0.1, 0.15) is 29.3 Å². The molecule has 2 N–H and O–H groups in total. The molecular weight excluding hydrogens is 268 g/mol. The molecule has 0 bridgehead atoms. The van der Waals surface area contributed by atoms with E-state index in [1.54, 1.807) is 30.1 Å². The standard InChI is InChI=1S/C16H22N2O3/c1-11-9-13(11)10-17-16(21)18(2)8-7-12-5-3-4-6-14(12)15(19)20/h3-6,11,13H,7-10H2,1-2H3,(H,17,21)(H,19,20). The van der Waals surface area contributed by atoms with E-state index in [1.807, 2.05) is 6.07 Å². The summed E-state index contributed by atoms with van der Waals surface area (Å²) in [5.41, 5.74) is 1.05. The first-order valence-electron chi connectivity index (χ1n) is 7.29. The Bertz CT molecular complexity index is 530. The molecule has 114 valence electrons. The molecule has 2 rings (SSSR count). The number of carbonyl (C=O) groups is 2. The van der Waals surface area contributed by atoms with Gasteiger partial charge in [0.15, 0.2) is 0 Å². The molecule has 1 aliphatic carbocycles. The van der Waals surface area contributed by atoms with Gasteiger partial charge in [0.1, 0.15) is 0 Å². The Kier molecular flexibility index (Phi) is 4.83. The van der Waals surface area contributed by atoms with E-state index in [1.165, 1.54) is 6.42 Å². The zero-order chi connectivity index (χ0) is 15.4. The fourth-order valence-electron chi connectivity index (χ4n) is 2.37. The number of amides is 2. The molecule has 2 amide bonds. The molecule has 5 nitrogen and oxygen atoms in total. The van der Waals surface area contributed by atoms with Crippen LogP contribution in [0.4, 0.5) is 4.79 Å². The van der Waals surface area contributed by atoms with Crippen molar-refractivity contribution in [1.82, 2.24) is 10.2 Å². The molecule has 2 atom stereocenters. The van der Waals surface area contributed by atoms with Crippen LogP contribution >= 0.6 is 0 Å². The average molecular weight is 290 g/mol. The summed E-state index contributed by atoms with van der Waals surface area (Å²) in [5, 5.41) is 12.0. The number of carbonyl (C=O) groups excluding carboxylic acids is 1. The smallest absolute Gasteiger partial charge is 0.335 e. The number of hydrogen-bond donors (Lipinski definition) is 2. The molecule has 1 aliphatic rings. The first kappa shape index (κ1) is 15.4. The number of likely N-dealkylation sites (N-methyl/N-ethyl adjacent to an activating group) is 1. The van der Waals surface area contributed by atoms with Gasteiger partial charge in [-0.3, -0.25) is 0 Å². The van der Waals surface area contributed by atoms with Crippen molar-refractivity contribution in [3.63, 3.8) is 0 Å². The van der Waals surface area contributed by atoms with Gasteiger partial charge in [0.25, 0.3) is 0 Å². The number of hydrogen-bond acceptors (Lipinski definition) is 2. The number of urea groups is 1. The highest BCUT2D eigenvalue weighted by molar-refractivity contribution is 5.89. The molecule has 0 aliphatic heterocycles. The second-order valence-electron chi connectivity index (χ2n) is 5.79. The lowest BCUT2D eigenvalue weighted by Gasteiger charge is -2.18. The van der Waals surface area contributed by atoms with Crippen molar-refractivity contribution in [2.45, 2.75) is 19.8 Å². The maximum atomic E-state index is 11.9. The van der Waals surface area contributed by atoms with Crippen molar-refractivity contribution >= 4 is 12.0 Å². The maximum absolute atomic E-state index is 11.9. The third kappa shape index (κ3) is 4.21. The van der Waals surface area contributed by atoms with Gasteiger partial charge in [-0.15, -0.1) is 0 Å². The van der Waals surface area contributed by atoms with Crippen LogP contribution in [0.5, 0.6) is 0 Å². The SMILES string of the molecule is CC1CC1CNC(=O)N(C)CCc1ccccc1C(=O)O. The maximum Gasteiger partial charge on any atom is 0.335 e. The van der Waals surface area contributed by atoms with Gasteiger partial charge in [0.2, 0.25) is 0 Å². The van der Waals surface area contributed by atoms with Gasteiger partial charge < -0.3 is 15.3 Å². The summed E-state index contributed by atoms with van der Waals surface area (Å²) in [4.78, 5) is 24.6. The molecule has 1 saturated carbocycles. The molecule has 0 aromatic heterocycles. The molecule has 2 unspecified atom stereocenters. The topological polar surface area (TPSA) is 69.6 Å². The normalized spacial score (nSPS) is 19.9. The highest BCUT2D eigenvalue weighted by atomic mass is 16.4. The minimum Gasteiger partial charge on any atom is -0.478 e. The highest BCUT2D eigenvalue weighted by Crippen LogP contribution is 2.36. The number of rotatable bonds is 6. The van der Waals surface area contributed by atoms with Gasteiger partial charge in [-0.2, -0.15) is 0 Å². The number of carboxylic acid groups (broad SMARTS) is 1. The van der Waals surface area contributed by atoms with Crippen LogP contribution in [-0.4, -0.2) is 42.1 Å². The number of aromatic carboxylic acids is 1. The average Bonchev–Trinajstić information content (AvgIpc) is 3.18. The lowest BCUT2D eigenvalue weighted by Crippen LogP contribution is -2.39. The van der Waals surface area contributed by atoms with E-state index in [4.69, 9.17) is 5.11 Å². The van der Waals surface area contributed by atoms with Gasteiger partial charge in [-0.1, -0.05) is 25.1 Å². The summed E-state index contributed by atoms with van der Waals surface area (Å²) in [7, 11) is 1.73. The zero-order valence-electron chi connectivity index (χ0n) is 12.5.